The number of aryl methyl sites for hydroxylation is 1. The van der Waals surface area contributed by atoms with Crippen molar-refractivity contribution in [2.75, 3.05) is 45.8 Å². The summed E-state index contributed by atoms with van der Waals surface area (Å²) >= 11 is 5.96. The van der Waals surface area contributed by atoms with E-state index < -0.39 is 0 Å². The lowest BCUT2D eigenvalue weighted by atomic mass is 9.84. The predicted octanol–water partition coefficient (Wildman–Crippen LogP) is 3.56. The third-order valence-electron chi connectivity index (χ3n) is 7.35. The fourth-order valence-corrected chi connectivity index (χ4v) is 5.49. The average molecular weight is 477 g/mol. The lowest BCUT2D eigenvalue weighted by molar-refractivity contribution is -0.133. The molecule has 2 N–H and O–H groups in total. The number of amides is 2. The van der Waals surface area contributed by atoms with E-state index in [-0.39, 0.29) is 11.8 Å². The summed E-state index contributed by atoms with van der Waals surface area (Å²) in [4.78, 5) is 31.1. The number of nitrogens with zero attached hydrogens (tertiary/aromatic N) is 3. The maximum atomic E-state index is 12.8. The monoisotopic (exact) mass is 476 g/mol. The Kier molecular flexibility index (Phi) is 10.5. The van der Waals surface area contributed by atoms with Crippen LogP contribution in [0.1, 0.15) is 57.4 Å². The third-order valence-corrected chi connectivity index (χ3v) is 7.60. The van der Waals surface area contributed by atoms with Gasteiger partial charge in [-0.3, -0.25) is 19.4 Å². The number of carbonyl (C=O) groups excluding carboxylic acids is 2. The van der Waals surface area contributed by atoms with Gasteiger partial charge in [-0.2, -0.15) is 0 Å². The molecule has 1 atom stereocenters. The molecule has 7 heteroatoms. The van der Waals surface area contributed by atoms with Gasteiger partial charge in [-0.25, -0.2) is 0 Å². The van der Waals surface area contributed by atoms with E-state index in [1.165, 1.54) is 38.5 Å². The van der Waals surface area contributed by atoms with E-state index in [0.717, 1.165) is 62.2 Å². The van der Waals surface area contributed by atoms with E-state index in [9.17, 15) is 9.59 Å². The maximum absolute atomic E-state index is 12.8. The van der Waals surface area contributed by atoms with Crippen molar-refractivity contribution < 1.29 is 9.59 Å². The van der Waals surface area contributed by atoms with Gasteiger partial charge in [0.25, 0.3) is 0 Å². The number of primary amides is 1. The van der Waals surface area contributed by atoms with Crippen LogP contribution in [0.2, 0.25) is 5.02 Å². The number of hydrogen-bond donors (Lipinski definition) is 1. The summed E-state index contributed by atoms with van der Waals surface area (Å²) in [6.45, 7) is 7.48. The van der Waals surface area contributed by atoms with Gasteiger partial charge in [-0.05, 0) is 43.0 Å². The van der Waals surface area contributed by atoms with Gasteiger partial charge in [0.15, 0.2) is 0 Å². The fourth-order valence-electron chi connectivity index (χ4n) is 5.37. The summed E-state index contributed by atoms with van der Waals surface area (Å²) in [5.41, 5.74) is 6.64. The van der Waals surface area contributed by atoms with Gasteiger partial charge in [0.2, 0.25) is 11.8 Å². The molecule has 1 unspecified atom stereocenters. The number of nitrogens with two attached hydrogens (primary N) is 1. The zero-order valence-corrected chi connectivity index (χ0v) is 20.9. The molecule has 3 rings (SSSR count). The van der Waals surface area contributed by atoms with Crippen LogP contribution in [0.5, 0.6) is 0 Å². The molecule has 184 valence electrons. The quantitative estimate of drug-likeness (QED) is 0.530. The van der Waals surface area contributed by atoms with Crippen LogP contribution in [0.3, 0.4) is 0 Å². The van der Waals surface area contributed by atoms with Gasteiger partial charge in [-0.1, -0.05) is 62.8 Å². The summed E-state index contributed by atoms with van der Waals surface area (Å²) in [6.07, 6.45) is 9.15. The van der Waals surface area contributed by atoms with Gasteiger partial charge >= 0.3 is 0 Å². The summed E-state index contributed by atoms with van der Waals surface area (Å²) < 4.78 is 0. The van der Waals surface area contributed by atoms with Crippen LogP contribution >= 0.6 is 11.6 Å². The zero-order chi connectivity index (χ0) is 23.6. The smallest absolute Gasteiger partial charge is 0.231 e. The molecule has 0 radical (unpaired) electrons. The Morgan fingerprint density at radius 2 is 1.76 bits per heavy atom. The molecule has 2 fully saturated rings. The minimum atomic E-state index is -0.260. The number of halogens is 1. The number of benzene rings is 1. The highest BCUT2D eigenvalue weighted by atomic mass is 35.5. The molecule has 1 heterocycles. The Balaban J connectivity index is 1.52. The third kappa shape index (κ3) is 8.58. The Bertz CT molecular complexity index is 743. The number of likely N-dealkylation sites (N-methyl/N-ethyl adjacent to an activating group) is 1. The standard InChI is InChI=1S/C26H41ClN4O2/c1-2-29(20-25(28)32)19-24(18-22-6-4-3-5-7-22)30-14-16-31(17-15-30)26(33)13-10-21-8-11-23(27)12-9-21/h8-9,11-12,22,24H,2-7,10,13-20H2,1H3,(H2,28,32). The molecule has 1 saturated heterocycles. The molecule has 1 aromatic rings. The van der Waals surface area contributed by atoms with Gasteiger partial charge in [-0.15, -0.1) is 0 Å². The number of rotatable bonds is 11. The Morgan fingerprint density at radius 1 is 1.09 bits per heavy atom. The highest BCUT2D eigenvalue weighted by Crippen LogP contribution is 2.29. The first-order chi connectivity index (χ1) is 15.9. The van der Waals surface area contributed by atoms with Crippen molar-refractivity contribution in [1.29, 1.82) is 0 Å². The first-order valence-electron chi connectivity index (χ1n) is 12.7. The molecule has 0 aromatic heterocycles. The van der Waals surface area contributed by atoms with E-state index in [1.807, 2.05) is 29.2 Å². The molecule has 1 aliphatic carbocycles. The van der Waals surface area contributed by atoms with Crippen molar-refractivity contribution in [2.45, 2.75) is 64.3 Å². The topological polar surface area (TPSA) is 69.9 Å². The minimum Gasteiger partial charge on any atom is -0.369 e. The highest BCUT2D eigenvalue weighted by Gasteiger charge is 2.29. The highest BCUT2D eigenvalue weighted by molar-refractivity contribution is 6.30. The molecule has 0 bridgehead atoms. The molecular weight excluding hydrogens is 436 g/mol. The first-order valence-corrected chi connectivity index (χ1v) is 13.1. The van der Waals surface area contributed by atoms with Crippen LogP contribution in [-0.2, 0) is 16.0 Å². The lowest BCUT2D eigenvalue weighted by Gasteiger charge is -2.42. The maximum Gasteiger partial charge on any atom is 0.231 e. The van der Waals surface area contributed by atoms with E-state index in [4.69, 9.17) is 17.3 Å². The number of hydrogen-bond acceptors (Lipinski definition) is 4. The molecule has 0 spiro atoms. The summed E-state index contributed by atoms with van der Waals surface area (Å²) in [7, 11) is 0. The fraction of sp³-hybridized carbons (Fsp3) is 0.692. The van der Waals surface area contributed by atoms with E-state index in [2.05, 4.69) is 16.7 Å². The summed E-state index contributed by atoms with van der Waals surface area (Å²) in [5, 5.41) is 0.724. The SMILES string of the molecule is CCN(CC(N)=O)CC(CC1CCCCC1)N1CCN(C(=O)CCc2ccc(Cl)cc2)CC1. The first kappa shape index (κ1) is 26.0. The Labute approximate surface area is 204 Å². The molecule has 1 saturated carbocycles. The molecule has 2 amide bonds. The Hall–Kier alpha value is -1.63. The molecule has 2 aliphatic rings. The van der Waals surface area contributed by atoms with Gasteiger partial charge in [0, 0.05) is 50.2 Å². The van der Waals surface area contributed by atoms with E-state index >= 15 is 0 Å². The normalized spacial score (nSPS) is 19.1. The van der Waals surface area contributed by atoms with Gasteiger partial charge in [0.05, 0.1) is 6.54 Å². The van der Waals surface area contributed by atoms with Gasteiger partial charge < -0.3 is 10.6 Å². The Morgan fingerprint density at radius 3 is 2.36 bits per heavy atom. The van der Waals surface area contributed by atoms with Crippen molar-refractivity contribution >= 4 is 23.4 Å². The number of piperazine rings is 1. The predicted molar refractivity (Wildman–Crippen MR) is 134 cm³/mol. The van der Waals surface area contributed by atoms with E-state index in [0.29, 0.717) is 19.0 Å². The van der Waals surface area contributed by atoms with Crippen LogP contribution in [0, 0.1) is 5.92 Å². The van der Waals surface area contributed by atoms with Crippen LogP contribution in [0.25, 0.3) is 0 Å². The molecular formula is C26H41ClN4O2. The second-order valence-corrected chi connectivity index (χ2v) is 10.2. The van der Waals surface area contributed by atoms with Crippen molar-refractivity contribution in [1.82, 2.24) is 14.7 Å². The van der Waals surface area contributed by atoms with Crippen molar-refractivity contribution in [3.8, 4) is 0 Å². The molecule has 1 aliphatic heterocycles. The second-order valence-electron chi connectivity index (χ2n) is 9.73. The van der Waals surface area contributed by atoms with Crippen LogP contribution in [-0.4, -0.2) is 78.4 Å². The zero-order valence-electron chi connectivity index (χ0n) is 20.2. The molecule has 33 heavy (non-hydrogen) atoms. The molecule has 1 aromatic carbocycles. The summed E-state index contributed by atoms with van der Waals surface area (Å²) in [5.74, 6) is 0.747. The minimum absolute atomic E-state index is 0.234. The van der Waals surface area contributed by atoms with Crippen LogP contribution in [0.4, 0.5) is 0 Å². The van der Waals surface area contributed by atoms with Crippen molar-refractivity contribution in [3.05, 3.63) is 34.9 Å². The average Bonchev–Trinajstić information content (AvgIpc) is 2.83. The van der Waals surface area contributed by atoms with Crippen LogP contribution < -0.4 is 5.73 Å². The van der Waals surface area contributed by atoms with Gasteiger partial charge in [0.1, 0.15) is 0 Å². The van der Waals surface area contributed by atoms with Crippen molar-refractivity contribution in [2.24, 2.45) is 11.7 Å². The van der Waals surface area contributed by atoms with E-state index in [1.54, 1.807) is 0 Å². The lowest BCUT2D eigenvalue weighted by Crippen LogP contribution is -2.55. The second kappa shape index (κ2) is 13.3. The molecule has 6 nitrogen and oxygen atoms in total. The van der Waals surface area contributed by atoms with Crippen LogP contribution in [0.15, 0.2) is 24.3 Å². The largest absolute Gasteiger partial charge is 0.369 e. The number of carbonyl (C=O) groups is 2. The summed E-state index contributed by atoms with van der Waals surface area (Å²) in [6, 6.07) is 8.16. The van der Waals surface area contributed by atoms with Crippen molar-refractivity contribution in [3.63, 3.8) is 0 Å².